The SMILES string of the molecule is Nc1cc(C(O)C(O)CNC(=O)OCC2c3ccccc3-c3ccccc32)ccc1C(F)(F)F. The van der Waals surface area contributed by atoms with Gasteiger partial charge in [0.1, 0.15) is 18.8 Å². The summed E-state index contributed by atoms with van der Waals surface area (Å²) in [5.74, 6) is -0.135. The smallest absolute Gasteiger partial charge is 0.418 e. The number of halogens is 3. The van der Waals surface area contributed by atoms with Gasteiger partial charge in [-0.15, -0.1) is 0 Å². The van der Waals surface area contributed by atoms with Crippen LogP contribution < -0.4 is 11.1 Å². The van der Waals surface area contributed by atoms with Crippen LogP contribution in [-0.4, -0.2) is 35.6 Å². The number of benzene rings is 3. The van der Waals surface area contributed by atoms with Gasteiger partial charge in [0.2, 0.25) is 0 Å². The molecule has 2 atom stereocenters. The molecular weight excluding hydrogens is 449 g/mol. The van der Waals surface area contributed by atoms with Crippen LogP contribution >= 0.6 is 0 Å². The molecule has 0 fully saturated rings. The summed E-state index contributed by atoms with van der Waals surface area (Å²) < 4.78 is 43.9. The molecule has 0 aliphatic heterocycles. The predicted octanol–water partition coefficient (Wildman–Crippen LogP) is 4.22. The summed E-state index contributed by atoms with van der Waals surface area (Å²) >= 11 is 0. The molecule has 6 nitrogen and oxygen atoms in total. The first-order valence-corrected chi connectivity index (χ1v) is 10.6. The summed E-state index contributed by atoms with van der Waals surface area (Å²) in [7, 11) is 0. The summed E-state index contributed by atoms with van der Waals surface area (Å²) in [6, 6.07) is 18.4. The van der Waals surface area contributed by atoms with Crippen molar-refractivity contribution in [3.8, 4) is 11.1 Å². The molecule has 0 saturated carbocycles. The monoisotopic (exact) mass is 472 g/mol. The molecule has 178 valence electrons. The predicted molar refractivity (Wildman–Crippen MR) is 120 cm³/mol. The van der Waals surface area contributed by atoms with Crippen molar-refractivity contribution in [2.24, 2.45) is 0 Å². The highest BCUT2D eigenvalue weighted by atomic mass is 19.4. The molecule has 0 aromatic heterocycles. The summed E-state index contributed by atoms with van der Waals surface area (Å²) in [6.45, 7) is -0.299. The molecule has 9 heteroatoms. The number of fused-ring (bicyclic) bond motifs is 3. The lowest BCUT2D eigenvalue weighted by Gasteiger charge is -2.20. The molecule has 3 aromatic carbocycles. The fraction of sp³-hybridized carbons (Fsp3) is 0.240. The third-order valence-electron chi connectivity index (χ3n) is 5.89. The Labute approximate surface area is 193 Å². The first kappa shape index (κ1) is 23.6. The second kappa shape index (κ2) is 9.36. The van der Waals surface area contributed by atoms with Crippen LogP contribution in [0.25, 0.3) is 11.1 Å². The molecule has 3 aromatic rings. The maximum absolute atomic E-state index is 12.8. The Hall–Kier alpha value is -3.56. The third-order valence-corrected chi connectivity index (χ3v) is 5.89. The Balaban J connectivity index is 1.34. The number of nitrogens with two attached hydrogens (primary N) is 1. The number of aliphatic hydroxyl groups excluding tert-OH is 2. The molecule has 1 aliphatic rings. The average Bonchev–Trinajstić information content (AvgIpc) is 3.13. The fourth-order valence-electron chi connectivity index (χ4n) is 4.19. The number of aliphatic hydroxyl groups is 2. The number of alkyl halides is 3. The highest BCUT2D eigenvalue weighted by Gasteiger charge is 2.33. The highest BCUT2D eigenvalue weighted by Crippen LogP contribution is 2.44. The Morgan fingerprint density at radius 3 is 2.15 bits per heavy atom. The van der Waals surface area contributed by atoms with Crippen molar-refractivity contribution >= 4 is 11.8 Å². The molecule has 0 radical (unpaired) electrons. The maximum Gasteiger partial charge on any atom is 0.418 e. The van der Waals surface area contributed by atoms with Gasteiger partial charge >= 0.3 is 12.3 Å². The third kappa shape index (κ3) is 4.71. The number of hydrogen-bond donors (Lipinski definition) is 4. The van der Waals surface area contributed by atoms with Crippen molar-refractivity contribution in [2.45, 2.75) is 24.3 Å². The van der Waals surface area contributed by atoms with E-state index in [9.17, 15) is 28.2 Å². The minimum Gasteiger partial charge on any atom is -0.449 e. The number of hydrogen-bond acceptors (Lipinski definition) is 5. The van der Waals surface area contributed by atoms with Gasteiger partial charge in [0.25, 0.3) is 0 Å². The maximum atomic E-state index is 12.8. The molecule has 0 heterocycles. The first-order valence-electron chi connectivity index (χ1n) is 10.6. The molecule has 0 bridgehead atoms. The van der Waals surface area contributed by atoms with Gasteiger partial charge in [0, 0.05) is 18.2 Å². The minimum absolute atomic E-state index is 0.00710. The number of alkyl carbamates (subject to hydrolysis) is 1. The second-order valence-electron chi connectivity index (χ2n) is 8.06. The van der Waals surface area contributed by atoms with Crippen LogP contribution in [0.1, 0.15) is 34.3 Å². The lowest BCUT2D eigenvalue weighted by molar-refractivity contribution is -0.136. The van der Waals surface area contributed by atoms with E-state index in [0.717, 1.165) is 40.5 Å². The highest BCUT2D eigenvalue weighted by molar-refractivity contribution is 5.79. The number of carbonyl (C=O) groups is 1. The van der Waals surface area contributed by atoms with Crippen molar-refractivity contribution < 1.29 is 32.9 Å². The summed E-state index contributed by atoms with van der Waals surface area (Å²) in [4.78, 5) is 12.2. The van der Waals surface area contributed by atoms with Crippen LogP contribution in [0.2, 0.25) is 0 Å². The largest absolute Gasteiger partial charge is 0.449 e. The lowest BCUT2D eigenvalue weighted by atomic mass is 9.98. The van der Waals surface area contributed by atoms with E-state index in [4.69, 9.17) is 10.5 Å². The van der Waals surface area contributed by atoms with Gasteiger partial charge in [-0.1, -0.05) is 54.6 Å². The molecule has 1 amide bonds. The van der Waals surface area contributed by atoms with E-state index in [2.05, 4.69) is 5.32 Å². The number of anilines is 1. The normalized spacial score (nSPS) is 14.7. The van der Waals surface area contributed by atoms with Crippen LogP contribution in [0.4, 0.5) is 23.7 Å². The van der Waals surface area contributed by atoms with Crippen LogP contribution in [-0.2, 0) is 10.9 Å². The molecule has 4 rings (SSSR count). The van der Waals surface area contributed by atoms with Gasteiger partial charge in [-0.2, -0.15) is 13.2 Å². The van der Waals surface area contributed by atoms with Gasteiger partial charge in [-0.25, -0.2) is 4.79 Å². The molecule has 0 spiro atoms. The van der Waals surface area contributed by atoms with Crippen molar-refractivity contribution in [1.29, 1.82) is 0 Å². The average molecular weight is 472 g/mol. The van der Waals surface area contributed by atoms with E-state index in [1.165, 1.54) is 0 Å². The summed E-state index contributed by atoms with van der Waals surface area (Å²) in [5.41, 5.74) is 8.09. The summed E-state index contributed by atoms with van der Waals surface area (Å²) in [6.07, 6.45) is -8.46. The number of nitrogens with one attached hydrogen (secondary N) is 1. The van der Waals surface area contributed by atoms with Crippen molar-refractivity contribution in [3.05, 3.63) is 89.0 Å². The van der Waals surface area contributed by atoms with Gasteiger partial charge in [0.15, 0.2) is 0 Å². The number of amides is 1. The van der Waals surface area contributed by atoms with E-state index in [-0.39, 0.29) is 24.6 Å². The van der Waals surface area contributed by atoms with Crippen LogP contribution in [0.3, 0.4) is 0 Å². The van der Waals surface area contributed by atoms with Crippen LogP contribution in [0.5, 0.6) is 0 Å². The Morgan fingerprint density at radius 2 is 1.59 bits per heavy atom. The lowest BCUT2D eigenvalue weighted by Crippen LogP contribution is -2.36. The quantitative estimate of drug-likeness (QED) is 0.402. The number of carbonyl (C=O) groups excluding carboxylic acids is 1. The second-order valence-corrected chi connectivity index (χ2v) is 8.06. The fourth-order valence-corrected chi connectivity index (χ4v) is 4.19. The van der Waals surface area contributed by atoms with Gasteiger partial charge < -0.3 is 26.0 Å². The zero-order chi connectivity index (χ0) is 24.5. The molecule has 2 unspecified atom stereocenters. The molecule has 5 N–H and O–H groups in total. The topological polar surface area (TPSA) is 105 Å². The van der Waals surface area contributed by atoms with Gasteiger partial charge in [-0.05, 0) is 39.9 Å². The Morgan fingerprint density at radius 1 is 1.00 bits per heavy atom. The van der Waals surface area contributed by atoms with Crippen LogP contribution in [0, 0.1) is 0 Å². The molecular formula is C25H23F3N2O4. The first-order chi connectivity index (χ1) is 16.2. The van der Waals surface area contributed by atoms with Gasteiger partial charge in [-0.3, -0.25) is 0 Å². The summed E-state index contributed by atoms with van der Waals surface area (Å²) in [5, 5.41) is 22.8. The molecule has 0 saturated heterocycles. The van der Waals surface area contributed by atoms with E-state index in [1.54, 1.807) is 0 Å². The van der Waals surface area contributed by atoms with Gasteiger partial charge in [0.05, 0.1) is 5.56 Å². The zero-order valence-electron chi connectivity index (χ0n) is 17.9. The Bertz CT molecular complexity index is 1150. The van der Waals surface area contributed by atoms with Crippen LogP contribution in [0.15, 0.2) is 66.7 Å². The van der Waals surface area contributed by atoms with E-state index in [1.807, 2.05) is 48.5 Å². The number of nitrogen functional groups attached to an aromatic ring is 1. The van der Waals surface area contributed by atoms with E-state index >= 15 is 0 Å². The number of rotatable bonds is 6. The molecule has 1 aliphatic carbocycles. The molecule has 34 heavy (non-hydrogen) atoms. The van der Waals surface area contributed by atoms with E-state index < -0.39 is 35.7 Å². The van der Waals surface area contributed by atoms with Crippen molar-refractivity contribution in [1.82, 2.24) is 5.32 Å². The Kier molecular flexibility index (Phi) is 6.49. The number of ether oxygens (including phenoxy) is 1. The minimum atomic E-state index is -4.63. The van der Waals surface area contributed by atoms with Crippen molar-refractivity contribution in [2.75, 3.05) is 18.9 Å². The van der Waals surface area contributed by atoms with Crippen molar-refractivity contribution in [3.63, 3.8) is 0 Å². The standard InChI is InChI=1S/C25H23F3N2O4/c26-25(27,28)20-10-9-14(11-21(20)29)23(32)22(31)12-30-24(33)34-13-19-17-7-3-1-5-15(17)16-6-2-4-8-18(16)19/h1-11,19,22-23,31-32H,12-13,29H2,(H,30,33). The zero-order valence-corrected chi connectivity index (χ0v) is 17.9. The van der Waals surface area contributed by atoms with E-state index in [0.29, 0.717) is 0 Å².